The molecule has 0 aromatic carbocycles. The van der Waals surface area contributed by atoms with Crippen molar-refractivity contribution in [3.05, 3.63) is 0 Å². The molecule has 0 N–H and O–H groups in total. The first-order valence-electron chi connectivity index (χ1n) is 5.09. The van der Waals surface area contributed by atoms with E-state index in [1.165, 1.54) is 0 Å². The van der Waals surface area contributed by atoms with Crippen molar-refractivity contribution in [2.75, 3.05) is 20.3 Å². The van der Waals surface area contributed by atoms with Gasteiger partial charge in [0.1, 0.15) is 12.2 Å². The fraction of sp³-hybridized carbons (Fsp3) is 1.00. The average molecular weight is 188 g/mol. The Morgan fingerprint density at radius 2 is 1.69 bits per heavy atom. The highest BCUT2D eigenvalue weighted by Crippen LogP contribution is 2.31. The minimum absolute atomic E-state index is 0.157. The molecule has 0 bridgehead atoms. The van der Waals surface area contributed by atoms with Crippen molar-refractivity contribution in [2.24, 2.45) is 5.92 Å². The summed E-state index contributed by atoms with van der Waals surface area (Å²) < 4.78 is 16.3. The second-order valence-electron chi connectivity index (χ2n) is 3.35. The molecule has 2 rings (SSSR count). The Balaban J connectivity index is 0.000000396. The summed E-state index contributed by atoms with van der Waals surface area (Å²) in [5, 5.41) is 0. The molecule has 78 valence electrons. The Kier molecular flexibility index (Phi) is 4.16. The van der Waals surface area contributed by atoms with Gasteiger partial charge in [-0.25, -0.2) is 0 Å². The van der Waals surface area contributed by atoms with Crippen molar-refractivity contribution in [2.45, 2.75) is 39.1 Å². The Morgan fingerprint density at radius 1 is 1.08 bits per heavy atom. The van der Waals surface area contributed by atoms with Crippen LogP contribution >= 0.6 is 0 Å². The van der Waals surface area contributed by atoms with Crippen molar-refractivity contribution in [3.63, 3.8) is 0 Å². The number of hydrogen-bond acceptors (Lipinski definition) is 3. The van der Waals surface area contributed by atoms with Gasteiger partial charge in [0.25, 0.3) is 0 Å². The number of rotatable bonds is 1. The van der Waals surface area contributed by atoms with Gasteiger partial charge in [0, 0.05) is 13.0 Å². The highest BCUT2D eigenvalue weighted by atomic mass is 16.6. The van der Waals surface area contributed by atoms with Crippen molar-refractivity contribution >= 4 is 0 Å². The molecule has 0 amide bonds. The van der Waals surface area contributed by atoms with Crippen LogP contribution in [-0.2, 0) is 14.2 Å². The van der Waals surface area contributed by atoms with Crippen molar-refractivity contribution in [1.82, 2.24) is 0 Å². The van der Waals surface area contributed by atoms with E-state index in [0.29, 0.717) is 12.5 Å². The Morgan fingerprint density at radius 3 is 2.31 bits per heavy atom. The Bertz CT molecular complexity index is 149. The molecule has 2 saturated heterocycles. The SMILES string of the molecule is CC.CO[C@@H]1CO[C@@H]2C(C)CO[C@@H]21. The van der Waals surface area contributed by atoms with Crippen molar-refractivity contribution in [1.29, 1.82) is 0 Å². The van der Waals surface area contributed by atoms with Crippen LogP contribution in [0.5, 0.6) is 0 Å². The molecule has 13 heavy (non-hydrogen) atoms. The topological polar surface area (TPSA) is 27.7 Å². The first-order valence-corrected chi connectivity index (χ1v) is 5.09. The third kappa shape index (κ3) is 2.03. The van der Waals surface area contributed by atoms with Crippen LogP contribution in [0.4, 0.5) is 0 Å². The first kappa shape index (κ1) is 11.0. The van der Waals surface area contributed by atoms with E-state index in [1.54, 1.807) is 7.11 Å². The molecule has 1 unspecified atom stereocenters. The summed E-state index contributed by atoms with van der Waals surface area (Å²) in [6, 6.07) is 0. The molecule has 0 aliphatic carbocycles. The smallest absolute Gasteiger partial charge is 0.112 e. The number of fused-ring (bicyclic) bond motifs is 1. The van der Waals surface area contributed by atoms with Gasteiger partial charge in [-0.1, -0.05) is 20.8 Å². The molecular weight excluding hydrogens is 168 g/mol. The van der Waals surface area contributed by atoms with Crippen LogP contribution < -0.4 is 0 Å². The lowest BCUT2D eigenvalue weighted by Crippen LogP contribution is -2.29. The molecule has 0 radical (unpaired) electrons. The monoisotopic (exact) mass is 188 g/mol. The predicted molar refractivity (Wildman–Crippen MR) is 50.8 cm³/mol. The summed E-state index contributed by atoms with van der Waals surface area (Å²) in [6.45, 7) is 7.66. The molecule has 0 aromatic rings. The second-order valence-corrected chi connectivity index (χ2v) is 3.35. The Labute approximate surface area is 80.4 Å². The van der Waals surface area contributed by atoms with Gasteiger partial charge in [-0.15, -0.1) is 0 Å². The lowest BCUT2D eigenvalue weighted by atomic mass is 10.0. The van der Waals surface area contributed by atoms with Crippen LogP contribution in [0.25, 0.3) is 0 Å². The molecule has 2 fully saturated rings. The lowest BCUT2D eigenvalue weighted by Gasteiger charge is -2.13. The van der Waals surface area contributed by atoms with Gasteiger partial charge in [-0.2, -0.15) is 0 Å². The Hall–Kier alpha value is -0.120. The van der Waals surface area contributed by atoms with Gasteiger partial charge < -0.3 is 14.2 Å². The number of ether oxygens (including phenoxy) is 3. The fourth-order valence-corrected chi connectivity index (χ4v) is 1.86. The highest BCUT2D eigenvalue weighted by Gasteiger charge is 2.45. The van der Waals surface area contributed by atoms with Crippen LogP contribution in [0.2, 0.25) is 0 Å². The maximum absolute atomic E-state index is 5.54. The standard InChI is InChI=1S/C8H14O3.C2H6/c1-5-3-10-8-6(9-2)4-11-7(5)8;1-2/h5-8H,3-4H2,1-2H3;1-2H3/t5?,6-,7-,8-;/m1./s1. The van der Waals surface area contributed by atoms with Crippen LogP contribution in [-0.4, -0.2) is 38.6 Å². The quantitative estimate of drug-likeness (QED) is 0.623. The molecule has 3 heteroatoms. The maximum Gasteiger partial charge on any atom is 0.112 e. The summed E-state index contributed by atoms with van der Waals surface area (Å²) in [4.78, 5) is 0. The normalized spacial score (nSPS) is 42.5. The largest absolute Gasteiger partial charge is 0.376 e. The zero-order chi connectivity index (χ0) is 9.84. The zero-order valence-corrected chi connectivity index (χ0v) is 8.95. The molecule has 0 saturated carbocycles. The van der Waals surface area contributed by atoms with E-state index in [4.69, 9.17) is 14.2 Å². The van der Waals surface area contributed by atoms with E-state index in [2.05, 4.69) is 6.92 Å². The zero-order valence-electron chi connectivity index (χ0n) is 8.95. The molecular formula is C10H20O3. The third-order valence-electron chi connectivity index (χ3n) is 2.56. The van der Waals surface area contributed by atoms with Crippen molar-refractivity contribution in [3.8, 4) is 0 Å². The summed E-state index contributed by atoms with van der Waals surface area (Å²) >= 11 is 0. The van der Waals surface area contributed by atoms with Crippen LogP contribution in [0.15, 0.2) is 0 Å². The molecule has 0 aromatic heterocycles. The highest BCUT2D eigenvalue weighted by molar-refractivity contribution is 4.92. The molecule has 2 aliphatic heterocycles. The van der Waals surface area contributed by atoms with Crippen molar-refractivity contribution < 1.29 is 14.2 Å². The van der Waals surface area contributed by atoms with Crippen LogP contribution in [0.1, 0.15) is 20.8 Å². The van der Waals surface area contributed by atoms with Gasteiger partial charge in [0.2, 0.25) is 0 Å². The number of methoxy groups -OCH3 is 1. The van der Waals surface area contributed by atoms with Gasteiger partial charge in [-0.3, -0.25) is 0 Å². The molecule has 3 nitrogen and oxygen atoms in total. The third-order valence-corrected chi connectivity index (χ3v) is 2.56. The first-order chi connectivity index (χ1) is 6.33. The summed E-state index contributed by atoms with van der Waals surface area (Å²) in [7, 11) is 1.71. The summed E-state index contributed by atoms with van der Waals surface area (Å²) in [5.74, 6) is 0.528. The van der Waals surface area contributed by atoms with Crippen LogP contribution in [0, 0.1) is 5.92 Å². The molecule has 0 spiro atoms. The van der Waals surface area contributed by atoms with E-state index in [-0.39, 0.29) is 18.3 Å². The maximum atomic E-state index is 5.54. The van der Waals surface area contributed by atoms with E-state index < -0.39 is 0 Å². The van der Waals surface area contributed by atoms with E-state index in [0.717, 1.165) is 6.61 Å². The van der Waals surface area contributed by atoms with Crippen LogP contribution in [0.3, 0.4) is 0 Å². The van der Waals surface area contributed by atoms with Gasteiger partial charge in [-0.05, 0) is 0 Å². The average Bonchev–Trinajstić information content (AvgIpc) is 2.73. The molecule has 4 atom stereocenters. The predicted octanol–water partition coefficient (Wildman–Crippen LogP) is 1.46. The van der Waals surface area contributed by atoms with E-state index in [9.17, 15) is 0 Å². The second kappa shape index (κ2) is 4.94. The minimum atomic E-state index is 0.157. The molecule has 2 heterocycles. The lowest BCUT2D eigenvalue weighted by molar-refractivity contribution is -0.00878. The van der Waals surface area contributed by atoms with E-state index >= 15 is 0 Å². The summed E-state index contributed by atoms with van der Waals surface area (Å²) in [5.41, 5.74) is 0. The fourth-order valence-electron chi connectivity index (χ4n) is 1.86. The minimum Gasteiger partial charge on any atom is -0.376 e. The van der Waals surface area contributed by atoms with E-state index in [1.807, 2.05) is 13.8 Å². The van der Waals surface area contributed by atoms with Gasteiger partial charge >= 0.3 is 0 Å². The van der Waals surface area contributed by atoms with Gasteiger partial charge in [0.05, 0.1) is 19.3 Å². The van der Waals surface area contributed by atoms with Gasteiger partial charge in [0.15, 0.2) is 0 Å². The molecule has 2 aliphatic rings. The summed E-state index contributed by atoms with van der Waals surface area (Å²) in [6.07, 6.45) is 0.625. The number of hydrogen-bond donors (Lipinski definition) is 0.